The number of aromatic nitrogens is 4. The highest BCUT2D eigenvalue weighted by molar-refractivity contribution is 6.31. The van der Waals surface area contributed by atoms with Crippen molar-refractivity contribution in [3.05, 3.63) is 129 Å². The molecule has 22 heteroatoms. The summed E-state index contributed by atoms with van der Waals surface area (Å²) in [5.41, 5.74) is 4.14. The van der Waals surface area contributed by atoms with Crippen molar-refractivity contribution in [2.24, 2.45) is 14.1 Å². The zero-order valence-electron chi connectivity index (χ0n) is 44.4. The number of piperazine rings is 2. The Balaban J connectivity index is 0.000000223. The number of unbranched alkanes of at least 4 members (excludes halogenated alkanes) is 3. The average Bonchev–Trinajstić information content (AvgIpc) is 3.92. The molecular formula is C56H70Cl4F2N12O4. The lowest BCUT2D eigenvalue weighted by Gasteiger charge is -2.34. The molecule has 4 aliphatic rings. The lowest BCUT2D eigenvalue weighted by Crippen LogP contribution is -2.46. The third kappa shape index (κ3) is 14.9. The zero-order chi connectivity index (χ0) is 53.1. The standard InChI is InChI=1S/C31H40ClFN6O2.C25H28ClFN6O2.2ClH/c1-3-4-5-6-12-37-14-16-38(17-15-37)13-7-18-41-25-9-10-26(27(33)20-25)31(40)39-22-23-21-34-36(2)30(23)35-28-19-24(32)8-11-29(28)39;1-31-24-17(15-29-31)16-33(23-6-3-18(26)13-22(23)30-24)25(34)20-5-4-19(14-21(20)27)35-12-2-9-32-10-7-28-8-11-32;;/h8-11,19-21,35H,3-7,12-18,22H2,1-2H3;3-6,13-15,28,30H,2,7-12,16H2,1H3;2*1H. The third-order valence-electron chi connectivity index (χ3n) is 14.3. The highest BCUT2D eigenvalue weighted by Gasteiger charge is 2.31. The number of ether oxygens (including phenoxy) is 2. The number of benzene rings is 4. The Bertz CT molecular complexity index is 2970. The lowest BCUT2D eigenvalue weighted by molar-refractivity contribution is 0.0973. The van der Waals surface area contributed by atoms with Gasteiger partial charge in [-0.2, -0.15) is 10.2 Å². The van der Waals surface area contributed by atoms with Gasteiger partial charge in [-0.25, -0.2) is 8.78 Å². The largest absolute Gasteiger partial charge is 0.493 e. The topological polar surface area (TPSA) is 141 Å². The molecule has 2 saturated heterocycles. The molecule has 420 valence electrons. The maximum Gasteiger partial charge on any atom is 0.261 e. The van der Waals surface area contributed by atoms with E-state index in [0.717, 1.165) is 101 Å². The van der Waals surface area contributed by atoms with Crippen LogP contribution in [0.2, 0.25) is 10.0 Å². The minimum atomic E-state index is -0.617. The summed E-state index contributed by atoms with van der Waals surface area (Å²) in [6.07, 6.45) is 10.4. The highest BCUT2D eigenvalue weighted by Crippen LogP contribution is 2.40. The Morgan fingerprint density at radius 1 is 0.577 bits per heavy atom. The van der Waals surface area contributed by atoms with Gasteiger partial charge in [0.05, 0.1) is 72.6 Å². The molecule has 16 nitrogen and oxygen atoms in total. The fourth-order valence-electron chi connectivity index (χ4n) is 10.0. The van der Waals surface area contributed by atoms with E-state index < -0.39 is 23.4 Å². The van der Waals surface area contributed by atoms with Gasteiger partial charge in [0.2, 0.25) is 0 Å². The summed E-state index contributed by atoms with van der Waals surface area (Å²) >= 11 is 12.4. The first-order chi connectivity index (χ1) is 36.9. The SMILES string of the molecule is CCCCCCN1CCN(CCCOc2ccc(C(=O)N3Cc4cnn(C)c4Nc4cc(Cl)ccc43)c(F)c2)CC1.Cl.Cl.Cn1ncc2c1Nc1cc(Cl)ccc1N(C(=O)c1ccc(OCCCN3CCNCC3)cc1F)C2. The number of anilines is 6. The van der Waals surface area contributed by atoms with E-state index in [1.165, 1.54) is 56.5 Å². The van der Waals surface area contributed by atoms with Gasteiger partial charge < -0.3 is 49.9 Å². The molecule has 2 fully saturated rings. The molecule has 0 spiro atoms. The van der Waals surface area contributed by atoms with Crippen LogP contribution in [-0.4, -0.2) is 131 Å². The molecular weight excluding hydrogens is 1080 g/mol. The minimum Gasteiger partial charge on any atom is -0.493 e. The summed E-state index contributed by atoms with van der Waals surface area (Å²) in [4.78, 5) is 37.7. The van der Waals surface area contributed by atoms with Crippen LogP contribution >= 0.6 is 48.0 Å². The van der Waals surface area contributed by atoms with Gasteiger partial charge in [-0.05, 0) is 86.5 Å². The molecule has 0 saturated carbocycles. The number of hydrogen-bond donors (Lipinski definition) is 3. The number of fused-ring (bicyclic) bond motifs is 4. The van der Waals surface area contributed by atoms with Gasteiger partial charge in [0.15, 0.2) is 0 Å². The summed E-state index contributed by atoms with van der Waals surface area (Å²) < 4.78 is 45.4. The van der Waals surface area contributed by atoms with Crippen molar-refractivity contribution in [2.45, 2.75) is 58.5 Å². The molecule has 0 atom stereocenters. The molecule has 2 amide bonds. The number of aryl methyl sites for hydroxylation is 2. The van der Waals surface area contributed by atoms with Crippen molar-refractivity contribution in [3.8, 4) is 11.5 Å². The summed E-state index contributed by atoms with van der Waals surface area (Å²) in [5, 5.41) is 19.6. The van der Waals surface area contributed by atoms with E-state index in [1.54, 1.807) is 80.1 Å². The van der Waals surface area contributed by atoms with Crippen LogP contribution in [-0.2, 0) is 27.2 Å². The van der Waals surface area contributed by atoms with Crippen LogP contribution in [0.25, 0.3) is 0 Å². The summed E-state index contributed by atoms with van der Waals surface area (Å²) in [7, 11) is 3.64. The van der Waals surface area contributed by atoms with E-state index in [0.29, 0.717) is 57.5 Å². The van der Waals surface area contributed by atoms with Crippen LogP contribution in [0, 0.1) is 11.6 Å². The number of nitrogens with one attached hydrogen (secondary N) is 3. The molecule has 0 bridgehead atoms. The molecule has 0 aliphatic carbocycles. The van der Waals surface area contributed by atoms with Crippen molar-refractivity contribution in [3.63, 3.8) is 0 Å². The molecule has 0 radical (unpaired) electrons. The number of nitrogens with zero attached hydrogens (tertiary/aromatic N) is 9. The maximum absolute atomic E-state index is 15.3. The monoisotopic (exact) mass is 1150 g/mol. The Kier molecular flexibility index (Phi) is 21.9. The maximum atomic E-state index is 15.3. The van der Waals surface area contributed by atoms with Crippen LogP contribution in [0.3, 0.4) is 0 Å². The Hall–Kier alpha value is -5.70. The predicted octanol–water partition coefficient (Wildman–Crippen LogP) is 10.7. The number of hydrogen-bond acceptors (Lipinski definition) is 12. The second-order valence-electron chi connectivity index (χ2n) is 19.7. The normalized spacial score (nSPS) is 15.3. The van der Waals surface area contributed by atoms with Crippen LogP contribution < -0.4 is 35.2 Å². The van der Waals surface area contributed by atoms with E-state index in [4.69, 9.17) is 32.7 Å². The average molecular weight is 1160 g/mol. The third-order valence-corrected chi connectivity index (χ3v) is 14.8. The Labute approximate surface area is 478 Å². The number of carbonyl (C=O) groups is 2. The van der Waals surface area contributed by atoms with Crippen LogP contribution in [0.1, 0.15) is 77.3 Å². The van der Waals surface area contributed by atoms with E-state index >= 15 is 8.78 Å². The van der Waals surface area contributed by atoms with Gasteiger partial charge in [-0.15, -0.1) is 24.8 Å². The lowest BCUT2D eigenvalue weighted by atomic mass is 10.1. The molecule has 0 unspecified atom stereocenters. The van der Waals surface area contributed by atoms with Gasteiger partial charge in [-0.3, -0.25) is 19.0 Å². The number of rotatable bonds is 17. The van der Waals surface area contributed by atoms with E-state index in [-0.39, 0.29) is 49.0 Å². The first-order valence-electron chi connectivity index (χ1n) is 26.4. The van der Waals surface area contributed by atoms with Crippen molar-refractivity contribution >= 4 is 94.2 Å². The smallest absolute Gasteiger partial charge is 0.261 e. The second-order valence-corrected chi connectivity index (χ2v) is 20.5. The van der Waals surface area contributed by atoms with Crippen molar-refractivity contribution in [1.82, 2.24) is 39.6 Å². The van der Waals surface area contributed by atoms with Crippen molar-refractivity contribution in [1.29, 1.82) is 0 Å². The Morgan fingerprint density at radius 2 is 1.01 bits per heavy atom. The predicted molar refractivity (Wildman–Crippen MR) is 311 cm³/mol. The first kappa shape index (κ1) is 60.0. The van der Waals surface area contributed by atoms with Gasteiger partial charge in [0, 0.05) is 113 Å². The zero-order valence-corrected chi connectivity index (χ0v) is 47.6. The number of carbonyl (C=O) groups excluding carboxylic acids is 2. The molecule has 6 heterocycles. The number of amides is 2. The molecule has 4 aliphatic heterocycles. The van der Waals surface area contributed by atoms with Crippen LogP contribution in [0.15, 0.2) is 85.2 Å². The number of halogens is 6. The van der Waals surface area contributed by atoms with Crippen LogP contribution in [0.5, 0.6) is 11.5 Å². The van der Waals surface area contributed by atoms with Gasteiger partial charge in [-0.1, -0.05) is 49.4 Å². The molecule has 78 heavy (non-hydrogen) atoms. The fraction of sp³-hybridized carbons (Fsp3) is 0.429. The fourth-order valence-corrected chi connectivity index (χ4v) is 10.4. The molecule has 2 aromatic heterocycles. The summed E-state index contributed by atoms with van der Waals surface area (Å²) in [6.45, 7) is 15.4. The molecule has 10 rings (SSSR count). The molecule has 6 aromatic rings. The van der Waals surface area contributed by atoms with Crippen molar-refractivity contribution < 1.29 is 27.8 Å². The van der Waals surface area contributed by atoms with Gasteiger partial charge in [0.1, 0.15) is 34.8 Å². The first-order valence-corrected chi connectivity index (χ1v) is 27.2. The van der Waals surface area contributed by atoms with Crippen molar-refractivity contribution in [2.75, 3.05) is 106 Å². The van der Waals surface area contributed by atoms with Gasteiger partial charge in [0.25, 0.3) is 11.8 Å². The summed E-state index contributed by atoms with van der Waals surface area (Å²) in [6, 6.07) is 19.4. The van der Waals surface area contributed by atoms with E-state index in [9.17, 15) is 9.59 Å². The highest BCUT2D eigenvalue weighted by atomic mass is 35.5. The Morgan fingerprint density at radius 3 is 1.45 bits per heavy atom. The second kappa shape index (κ2) is 28.4. The summed E-state index contributed by atoms with van der Waals surface area (Å²) in [5.74, 6) is 0.242. The minimum absolute atomic E-state index is 0. The van der Waals surface area contributed by atoms with Gasteiger partial charge >= 0.3 is 0 Å². The van der Waals surface area contributed by atoms with E-state index in [2.05, 4.69) is 47.8 Å². The quantitative estimate of drug-likeness (QED) is 0.0749. The van der Waals surface area contributed by atoms with Crippen LogP contribution in [0.4, 0.5) is 43.2 Å². The molecule has 4 aromatic carbocycles. The molecule has 3 N–H and O–H groups in total. The van der Waals surface area contributed by atoms with E-state index in [1.807, 2.05) is 14.1 Å².